The highest BCUT2D eigenvalue weighted by Crippen LogP contribution is 2.22. The molecule has 0 spiro atoms. The minimum atomic E-state index is -0.719. The average Bonchev–Trinajstić information content (AvgIpc) is 2.60. The molecule has 0 saturated heterocycles. The molecule has 0 amide bonds. The highest BCUT2D eigenvalue weighted by Gasteiger charge is 2.07. The van der Waals surface area contributed by atoms with Crippen LogP contribution in [0.2, 0.25) is 0 Å². The summed E-state index contributed by atoms with van der Waals surface area (Å²) in [6.45, 7) is 2.88. The largest absolute Gasteiger partial charge is 0.394 e. The third-order valence-electron chi connectivity index (χ3n) is 2.80. The molecule has 1 atom stereocenters. The van der Waals surface area contributed by atoms with Crippen LogP contribution in [0.4, 0.5) is 11.4 Å². The normalized spacial score (nSPS) is 16.6. The number of rotatable bonds is 4. The summed E-state index contributed by atoms with van der Waals surface area (Å²) in [6.07, 6.45) is -0.719. The Morgan fingerprint density at radius 1 is 1.35 bits per heavy atom. The van der Waals surface area contributed by atoms with E-state index < -0.39 is 6.10 Å². The van der Waals surface area contributed by atoms with Crippen molar-refractivity contribution >= 4 is 11.4 Å². The first-order valence-corrected chi connectivity index (χ1v) is 5.90. The maximum Gasteiger partial charge on any atom is 0.0942 e. The molecule has 94 valence electrons. The van der Waals surface area contributed by atoms with E-state index in [0.29, 0.717) is 6.54 Å². The molecular formula is C12H19N3O2. The first-order chi connectivity index (χ1) is 8.29. The van der Waals surface area contributed by atoms with Crippen LogP contribution in [0.15, 0.2) is 18.2 Å². The van der Waals surface area contributed by atoms with E-state index in [-0.39, 0.29) is 6.61 Å². The monoisotopic (exact) mass is 237 g/mol. The zero-order valence-electron chi connectivity index (χ0n) is 9.74. The van der Waals surface area contributed by atoms with Gasteiger partial charge in [-0.1, -0.05) is 6.07 Å². The lowest BCUT2D eigenvalue weighted by Gasteiger charge is -2.13. The van der Waals surface area contributed by atoms with Crippen molar-refractivity contribution in [3.63, 3.8) is 0 Å². The SMILES string of the molecule is OCC(O)CNc1ccc2c(c1)NCCNC2. The predicted octanol–water partition coefficient (Wildman–Crippen LogP) is -0.0332. The number of fused-ring (bicyclic) bond motifs is 1. The van der Waals surface area contributed by atoms with E-state index in [0.717, 1.165) is 31.0 Å². The van der Waals surface area contributed by atoms with Gasteiger partial charge in [-0.15, -0.1) is 0 Å². The fourth-order valence-electron chi connectivity index (χ4n) is 1.81. The van der Waals surface area contributed by atoms with Gasteiger partial charge in [0.05, 0.1) is 12.7 Å². The molecule has 0 saturated carbocycles. The first-order valence-electron chi connectivity index (χ1n) is 5.90. The highest BCUT2D eigenvalue weighted by atomic mass is 16.3. The van der Waals surface area contributed by atoms with Crippen molar-refractivity contribution in [2.75, 3.05) is 36.9 Å². The molecule has 0 bridgehead atoms. The van der Waals surface area contributed by atoms with Crippen LogP contribution < -0.4 is 16.0 Å². The van der Waals surface area contributed by atoms with Gasteiger partial charge in [-0.25, -0.2) is 0 Å². The molecule has 0 aromatic heterocycles. The lowest BCUT2D eigenvalue weighted by atomic mass is 10.1. The van der Waals surface area contributed by atoms with Crippen molar-refractivity contribution in [1.29, 1.82) is 0 Å². The van der Waals surface area contributed by atoms with Crippen molar-refractivity contribution in [2.45, 2.75) is 12.6 Å². The van der Waals surface area contributed by atoms with Crippen molar-refractivity contribution in [3.8, 4) is 0 Å². The average molecular weight is 237 g/mol. The topological polar surface area (TPSA) is 76.5 Å². The molecule has 1 aliphatic heterocycles. The van der Waals surface area contributed by atoms with E-state index in [4.69, 9.17) is 5.11 Å². The molecule has 17 heavy (non-hydrogen) atoms. The van der Waals surface area contributed by atoms with Gasteiger partial charge in [0.15, 0.2) is 0 Å². The summed E-state index contributed by atoms with van der Waals surface area (Å²) in [5.74, 6) is 0. The zero-order valence-corrected chi connectivity index (χ0v) is 9.74. The molecular weight excluding hydrogens is 218 g/mol. The van der Waals surface area contributed by atoms with Gasteiger partial charge in [0.1, 0.15) is 0 Å². The van der Waals surface area contributed by atoms with Crippen molar-refractivity contribution < 1.29 is 10.2 Å². The van der Waals surface area contributed by atoms with Gasteiger partial charge in [-0.05, 0) is 17.7 Å². The Morgan fingerprint density at radius 2 is 2.24 bits per heavy atom. The molecule has 1 heterocycles. The molecule has 5 N–H and O–H groups in total. The number of aliphatic hydroxyl groups is 2. The van der Waals surface area contributed by atoms with E-state index in [9.17, 15) is 5.11 Å². The van der Waals surface area contributed by atoms with Gasteiger partial charge in [0.2, 0.25) is 0 Å². The maximum absolute atomic E-state index is 9.26. The lowest BCUT2D eigenvalue weighted by molar-refractivity contribution is 0.105. The quantitative estimate of drug-likeness (QED) is 0.508. The van der Waals surface area contributed by atoms with Crippen molar-refractivity contribution in [1.82, 2.24) is 5.32 Å². The van der Waals surface area contributed by atoms with E-state index >= 15 is 0 Å². The number of nitrogens with one attached hydrogen (secondary N) is 3. The van der Waals surface area contributed by atoms with Gasteiger partial charge in [0, 0.05) is 37.6 Å². The van der Waals surface area contributed by atoms with Crippen molar-refractivity contribution in [2.24, 2.45) is 0 Å². The van der Waals surface area contributed by atoms with Gasteiger partial charge < -0.3 is 26.2 Å². The number of hydrogen-bond acceptors (Lipinski definition) is 5. The Hall–Kier alpha value is -1.30. The molecule has 0 aliphatic carbocycles. The van der Waals surface area contributed by atoms with Crippen LogP contribution in [0.25, 0.3) is 0 Å². The van der Waals surface area contributed by atoms with Crippen LogP contribution in [-0.4, -0.2) is 42.6 Å². The predicted molar refractivity (Wildman–Crippen MR) is 68.2 cm³/mol. The number of anilines is 2. The molecule has 0 fully saturated rings. The third kappa shape index (κ3) is 3.33. The van der Waals surface area contributed by atoms with Gasteiger partial charge in [-0.2, -0.15) is 0 Å². The van der Waals surface area contributed by atoms with Crippen LogP contribution in [0.3, 0.4) is 0 Å². The Kier molecular flexibility index (Phi) is 4.19. The number of aliphatic hydroxyl groups excluding tert-OH is 2. The molecule has 1 aromatic carbocycles. The van der Waals surface area contributed by atoms with E-state index in [1.807, 2.05) is 12.1 Å². The van der Waals surface area contributed by atoms with Gasteiger partial charge in [-0.3, -0.25) is 0 Å². The molecule has 2 rings (SSSR count). The minimum absolute atomic E-state index is 0.222. The standard InChI is InChI=1S/C12H19N3O2/c16-8-11(17)7-15-10-2-1-9-6-13-3-4-14-12(9)5-10/h1-2,5,11,13-17H,3-4,6-8H2. The summed E-state index contributed by atoms with van der Waals surface area (Å²) in [7, 11) is 0. The van der Waals surface area contributed by atoms with E-state index in [1.54, 1.807) is 0 Å². The first kappa shape index (κ1) is 12.2. The molecule has 1 unspecified atom stereocenters. The van der Waals surface area contributed by atoms with Crippen LogP contribution >= 0.6 is 0 Å². The zero-order chi connectivity index (χ0) is 12.1. The second-order valence-corrected chi connectivity index (χ2v) is 4.19. The van der Waals surface area contributed by atoms with Crippen LogP contribution in [0, 0.1) is 0 Å². The lowest BCUT2D eigenvalue weighted by Crippen LogP contribution is -2.22. The fourth-order valence-corrected chi connectivity index (χ4v) is 1.81. The minimum Gasteiger partial charge on any atom is -0.394 e. The Labute approximate surface area is 101 Å². The number of hydrogen-bond donors (Lipinski definition) is 5. The summed E-state index contributed by atoms with van der Waals surface area (Å²) < 4.78 is 0. The second kappa shape index (κ2) is 5.86. The van der Waals surface area contributed by atoms with Gasteiger partial charge in [0.25, 0.3) is 0 Å². The smallest absolute Gasteiger partial charge is 0.0942 e. The summed E-state index contributed by atoms with van der Waals surface area (Å²) in [5.41, 5.74) is 3.32. The maximum atomic E-state index is 9.26. The Morgan fingerprint density at radius 3 is 3.06 bits per heavy atom. The van der Waals surface area contributed by atoms with Gasteiger partial charge >= 0.3 is 0 Å². The second-order valence-electron chi connectivity index (χ2n) is 4.19. The molecule has 1 aliphatic rings. The Bertz CT molecular complexity index is 371. The van der Waals surface area contributed by atoms with E-state index in [2.05, 4.69) is 22.0 Å². The number of benzene rings is 1. The van der Waals surface area contributed by atoms with E-state index in [1.165, 1.54) is 5.56 Å². The molecule has 1 aromatic rings. The highest BCUT2D eigenvalue weighted by molar-refractivity contribution is 5.61. The van der Waals surface area contributed by atoms with Crippen molar-refractivity contribution in [3.05, 3.63) is 23.8 Å². The summed E-state index contributed by atoms with van der Waals surface area (Å²) in [6, 6.07) is 6.08. The fraction of sp³-hybridized carbons (Fsp3) is 0.500. The summed E-state index contributed by atoms with van der Waals surface area (Å²) >= 11 is 0. The third-order valence-corrected chi connectivity index (χ3v) is 2.80. The molecule has 5 heteroatoms. The summed E-state index contributed by atoms with van der Waals surface area (Å²) in [4.78, 5) is 0. The molecule has 0 radical (unpaired) electrons. The molecule has 5 nitrogen and oxygen atoms in total. The summed E-state index contributed by atoms with van der Waals surface area (Å²) in [5, 5.41) is 27.8. The van der Waals surface area contributed by atoms with Crippen LogP contribution in [0.5, 0.6) is 0 Å². The van der Waals surface area contributed by atoms with Crippen LogP contribution in [-0.2, 0) is 6.54 Å². The van der Waals surface area contributed by atoms with Crippen LogP contribution in [0.1, 0.15) is 5.56 Å². The Balaban J connectivity index is 2.02.